The van der Waals surface area contributed by atoms with Gasteiger partial charge < -0.3 is 4.42 Å². The van der Waals surface area contributed by atoms with E-state index in [-0.39, 0.29) is 5.92 Å². The van der Waals surface area contributed by atoms with Gasteiger partial charge in [0.1, 0.15) is 5.58 Å². The summed E-state index contributed by atoms with van der Waals surface area (Å²) >= 11 is 0. The predicted octanol–water partition coefficient (Wildman–Crippen LogP) is 7.83. The minimum atomic E-state index is -1.37. The normalized spacial score (nSPS) is 16.2. The molecule has 3 nitrogen and oxygen atoms in total. The third-order valence-corrected chi connectivity index (χ3v) is 6.45. The van der Waals surface area contributed by atoms with Crippen molar-refractivity contribution in [2.24, 2.45) is 5.92 Å². The van der Waals surface area contributed by atoms with Crippen LogP contribution in [0.3, 0.4) is 0 Å². The van der Waals surface area contributed by atoms with E-state index in [0.717, 1.165) is 64.6 Å². The van der Waals surface area contributed by atoms with Crippen LogP contribution in [0.15, 0.2) is 83.4 Å². The molecule has 0 spiro atoms. The number of rotatable bonds is 4. The molecule has 0 unspecified atom stereocenters. The van der Waals surface area contributed by atoms with E-state index in [2.05, 4.69) is 11.1 Å². The van der Waals surface area contributed by atoms with Crippen LogP contribution in [0.1, 0.15) is 40.4 Å². The molecule has 1 aliphatic carbocycles. The summed E-state index contributed by atoms with van der Waals surface area (Å²) in [7, 11) is 0. The van der Waals surface area contributed by atoms with Crippen LogP contribution in [0.5, 0.6) is 0 Å². The Morgan fingerprint density at radius 2 is 1.72 bits per heavy atom. The molecule has 3 aromatic heterocycles. The van der Waals surface area contributed by atoms with E-state index in [0.29, 0.717) is 11.3 Å². The second-order valence-corrected chi connectivity index (χ2v) is 8.61. The molecule has 158 valence electrons. The molecule has 32 heavy (non-hydrogen) atoms. The molecule has 1 aliphatic rings. The summed E-state index contributed by atoms with van der Waals surface area (Å²) in [5.74, 6) is 0.0547. The van der Waals surface area contributed by atoms with E-state index in [1.807, 2.05) is 66.7 Å². The Morgan fingerprint density at radius 1 is 0.844 bits per heavy atom. The van der Waals surface area contributed by atoms with Crippen LogP contribution in [0.2, 0.25) is 0 Å². The zero-order valence-corrected chi connectivity index (χ0v) is 17.9. The van der Waals surface area contributed by atoms with Crippen molar-refractivity contribution in [2.45, 2.75) is 38.5 Å². The van der Waals surface area contributed by atoms with Crippen LogP contribution in [0.4, 0.5) is 0 Å². The van der Waals surface area contributed by atoms with Gasteiger partial charge in [-0.15, -0.1) is 0 Å². The molecule has 3 heteroatoms. The highest BCUT2D eigenvalue weighted by atomic mass is 16.3. The van der Waals surface area contributed by atoms with Gasteiger partial charge in [0.2, 0.25) is 5.71 Å². The van der Waals surface area contributed by atoms with Gasteiger partial charge in [-0.1, -0.05) is 74.6 Å². The van der Waals surface area contributed by atoms with Crippen molar-refractivity contribution in [2.75, 3.05) is 0 Å². The molecule has 1 fully saturated rings. The minimum Gasteiger partial charge on any atom is -0.437 e. The predicted molar refractivity (Wildman–Crippen MR) is 130 cm³/mol. The van der Waals surface area contributed by atoms with Gasteiger partial charge >= 0.3 is 0 Å². The zero-order chi connectivity index (χ0) is 23.1. The van der Waals surface area contributed by atoms with Crippen molar-refractivity contribution in [1.29, 1.82) is 0 Å². The monoisotopic (exact) mass is 420 g/mol. The van der Waals surface area contributed by atoms with Crippen molar-refractivity contribution in [3.63, 3.8) is 0 Å². The Bertz CT molecular complexity index is 1470. The summed E-state index contributed by atoms with van der Waals surface area (Å²) in [6.45, 7) is 0. The molecule has 3 heterocycles. The number of benzene rings is 2. The molecule has 0 aliphatic heterocycles. The lowest BCUT2D eigenvalue weighted by Gasteiger charge is -2.21. The average Bonchev–Trinajstić information content (AvgIpc) is 3.28. The first-order valence-corrected chi connectivity index (χ1v) is 11.5. The lowest BCUT2D eigenvalue weighted by atomic mass is 9.85. The van der Waals surface area contributed by atoms with Crippen LogP contribution >= 0.6 is 0 Å². The fourth-order valence-corrected chi connectivity index (χ4v) is 4.80. The lowest BCUT2D eigenvalue weighted by molar-refractivity contribution is 0.356. The summed E-state index contributed by atoms with van der Waals surface area (Å²) in [4.78, 5) is 9.40. The van der Waals surface area contributed by atoms with Crippen LogP contribution in [0.25, 0.3) is 44.6 Å². The third kappa shape index (κ3) is 3.58. The Kier molecular flexibility index (Phi) is 4.41. The van der Waals surface area contributed by atoms with E-state index < -0.39 is 6.37 Å². The van der Waals surface area contributed by atoms with E-state index in [1.54, 1.807) is 6.20 Å². The van der Waals surface area contributed by atoms with Gasteiger partial charge in [0.05, 0.1) is 11.4 Å². The molecule has 0 N–H and O–H groups in total. The first-order valence-electron chi connectivity index (χ1n) is 12.5. The third-order valence-electron chi connectivity index (χ3n) is 6.45. The smallest absolute Gasteiger partial charge is 0.227 e. The van der Waals surface area contributed by atoms with E-state index in [1.165, 1.54) is 6.42 Å². The number of hydrogen-bond donors (Lipinski definition) is 0. The van der Waals surface area contributed by atoms with Crippen molar-refractivity contribution in [3.05, 3.63) is 84.6 Å². The van der Waals surface area contributed by atoms with Gasteiger partial charge in [-0.2, -0.15) is 0 Å². The molecule has 0 bridgehead atoms. The Hall–Kier alpha value is -3.46. The highest BCUT2D eigenvalue weighted by Crippen LogP contribution is 2.36. The van der Waals surface area contributed by atoms with Gasteiger partial charge in [0.25, 0.3) is 0 Å². The van der Waals surface area contributed by atoms with E-state index in [9.17, 15) is 0 Å². The number of para-hydroxylation sites is 1. The lowest BCUT2D eigenvalue weighted by Crippen LogP contribution is -2.09. The van der Waals surface area contributed by atoms with Gasteiger partial charge in [0.15, 0.2) is 0 Å². The van der Waals surface area contributed by atoms with Crippen LogP contribution in [0, 0.1) is 5.92 Å². The van der Waals surface area contributed by atoms with Crippen LogP contribution in [-0.4, -0.2) is 9.97 Å². The molecule has 2 aromatic carbocycles. The maximum atomic E-state index is 8.88. The molecule has 5 aromatic rings. The Labute approximate surface area is 191 Å². The minimum absolute atomic E-state index is 0.0547. The molecular weight excluding hydrogens is 392 g/mol. The highest BCUT2D eigenvalue weighted by Gasteiger charge is 2.17. The number of furan rings is 1. The summed E-state index contributed by atoms with van der Waals surface area (Å²) in [6.07, 6.45) is 5.67. The summed E-state index contributed by atoms with van der Waals surface area (Å²) in [5, 5.41) is 1.95. The van der Waals surface area contributed by atoms with Gasteiger partial charge in [-0.05, 0) is 48.2 Å². The van der Waals surface area contributed by atoms with E-state index >= 15 is 0 Å². The van der Waals surface area contributed by atoms with Gasteiger partial charge in [0, 0.05) is 30.8 Å². The van der Waals surface area contributed by atoms with Crippen molar-refractivity contribution in [1.82, 2.24) is 9.97 Å². The standard InChI is InChI=1S/C29H26N2O/c1-3-8-20(9-4-1)18-21-16-17-30-27(19-21)25-13-7-12-23-24-14-15-26(22-10-5-2-6-11-22)31-29(24)32-28(23)25/h2,5-7,10-17,19-20H,1,3-4,8-9,18H2/i18D2. The highest BCUT2D eigenvalue weighted by molar-refractivity contribution is 6.08. The van der Waals surface area contributed by atoms with Crippen molar-refractivity contribution >= 4 is 22.1 Å². The van der Waals surface area contributed by atoms with Gasteiger partial charge in [-0.3, -0.25) is 4.98 Å². The molecule has 6 rings (SSSR count). The SMILES string of the molecule is [2H]C([2H])(c1ccnc(-c2cccc3c2oc2nc(-c4ccccc4)ccc23)c1)C1CCCCC1. The second kappa shape index (κ2) is 8.23. The second-order valence-electron chi connectivity index (χ2n) is 8.61. The number of hydrogen-bond acceptors (Lipinski definition) is 3. The van der Waals surface area contributed by atoms with Crippen molar-refractivity contribution < 1.29 is 7.16 Å². The number of nitrogens with zero attached hydrogens (tertiary/aromatic N) is 2. The maximum Gasteiger partial charge on any atom is 0.227 e. The van der Waals surface area contributed by atoms with Crippen molar-refractivity contribution in [3.8, 4) is 22.5 Å². The maximum absolute atomic E-state index is 8.88. The fourth-order valence-electron chi connectivity index (χ4n) is 4.80. The molecule has 0 saturated heterocycles. The number of aromatic nitrogens is 2. The van der Waals surface area contributed by atoms with E-state index in [4.69, 9.17) is 12.1 Å². The Morgan fingerprint density at radius 3 is 2.59 bits per heavy atom. The van der Waals surface area contributed by atoms with Gasteiger partial charge in [-0.25, -0.2) is 4.98 Å². The average molecular weight is 421 g/mol. The topological polar surface area (TPSA) is 38.9 Å². The summed E-state index contributed by atoms with van der Waals surface area (Å²) < 4.78 is 24.1. The molecule has 0 amide bonds. The summed E-state index contributed by atoms with van der Waals surface area (Å²) in [5.41, 5.74) is 5.53. The first-order chi connectivity index (χ1) is 16.6. The molecular formula is C29H26N2O. The van der Waals surface area contributed by atoms with Crippen LogP contribution < -0.4 is 0 Å². The number of pyridine rings is 2. The molecule has 1 saturated carbocycles. The summed E-state index contributed by atoms with van der Waals surface area (Å²) in [6, 6.07) is 23.9. The number of fused-ring (bicyclic) bond motifs is 3. The first kappa shape index (κ1) is 17.1. The molecule has 0 radical (unpaired) electrons. The fraction of sp³-hybridized carbons (Fsp3) is 0.241. The quantitative estimate of drug-likeness (QED) is 0.297. The Balaban J connectivity index is 1.44. The zero-order valence-electron chi connectivity index (χ0n) is 19.9. The largest absolute Gasteiger partial charge is 0.437 e. The van der Waals surface area contributed by atoms with Crippen LogP contribution in [-0.2, 0) is 6.37 Å². The molecule has 0 atom stereocenters.